The molecule has 0 bridgehead atoms. The average molecular weight is 541 g/mol. The lowest BCUT2D eigenvalue weighted by atomic mass is 9.74. The number of allylic oxidation sites excluding steroid dienone is 20. The van der Waals surface area contributed by atoms with Crippen LogP contribution in [0.25, 0.3) is 0 Å². The van der Waals surface area contributed by atoms with Gasteiger partial charge < -0.3 is 10.2 Å². The van der Waals surface area contributed by atoms with Gasteiger partial charge in [0.2, 0.25) is 0 Å². The molecule has 0 saturated heterocycles. The number of hydrogen-bond acceptors (Lipinski definition) is 2. The first kappa shape index (κ1) is 33.3. The molecule has 40 heavy (non-hydrogen) atoms. The van der Waals surface area contributed by atoms with Gasteiger partial charge in [0.15, 0.2) is 0 Å². The van der Waals surface area contributed by atoms with Crippen LogP contribution < -0.4 is 0 Å². The first-order valence-electron chi connectivity index (χ1n) is 14.6. The SMILES string of the molecule is CC(C=CC=C(C)C=CC1=CCC(O)CC1(C)C)=CC=CC=C(C)C=CC=C(C)C=CC1=CCC(O)CC1(C)C. The molecule has 0 aromatic heterocycles. The largest absolute Gasteiger partial charge is 0.393 e. The maximum absolute atomic E-state index is 9.92. The second kappa shape index (κ2) is 15.7. The van der Waals surface area contributed by atoms with Gasteiger partial charge >= 0.3 is 0 Å². The zero-order valence-corrected chi connectivity index (χ0v) is 26.1. The molecule has 2 N–H and O–H groups in total. The van der Waals surface area contributed by atoms with Crippen molar-refractivity contribution in [2.75, 3.05) is 0 Å². The molecule has 0 aromatic rings. The highest BCUT2D eigenvalue weighted by Gasteiger charge is 2.29. The Morgan fingerprint density at radius 2 is 0.900 bits per heavy atom. The molecular formula is C38H52O2. The third-order valence-corrected chi connectivity index (χ3v) is 7.59. The lowest BCUT2D eigenvalue weighted by Crippen LogP contribution is -2.26. The summed E-state index contributed by atoms with van der Waals surface area (Å²) in [4.78, 5) is 0. The van der Waals surface area contributed by atoms with E-state index in [1.165, 1.54) is 33.4 Å². The van der Waals surface area contributed by atoms with E-state index in [0.29, 0.717) is 0 Å². The summed E-state index contributed by atoms with van der Waals surface area (Å²) in [5, 5.41) is 19.8. The monoisotopic (exact) mass is 540 g/mol. The third-order valence-electron chi connectivity index (χ3n) is 7.59. The fourth-order valence-corrected chi connectivity index (χ4v) is 5.03. The molecule has 2 rings (SSSR count). The third kappa shape index (κ3) is 12.1. The van der Waals surface area contributed by atoms with Crippen molar-refractivity contribution in [3.63, 3.8) is 0 Å². The van der Waals surface area contributed by atoms with Gasteiger partial charge in [0.1, 0.15) is 0 Å². The summed E-state index contributed by atoms with van der Waals surface area (Å²) in [7, 11) is 0. The Morgan fingerprint density at radius 1 is 0.575 bits per heavy atom. The fraction of sp³-hybridized carbons (Fsp3) is 0.421. The number of hydrogen-bond donors (Lipinski definition) is 2. The van der Waals surface area contributed by atoms with Gasteiger partial charge in [-0.05, 0) is 75.4 Å². The van der Waals surface area contributed by atoms with E-state index in [2.05, 4.69) is 153 Å². The lowest BCUT2D eigenvalue weighted by Gasteiger charge is -2.33. The van der Waals surface area contributed by atoms with E-state index in [4.69, 9.17) is 0 Å². The molecule has 2 heteroatoms. The summed E-state index contributed by atoms with van der Waals surface area (Å²) < 4.78 is 0. The highest BCUT2D eigenvalue weighted by atomic mass is 16.3. The Morgan fingerprint density at radius 3 is 1.25 bits per heavy atom. The van der Waals surface area contributed by atoms with Gasteiger partial charge in [-0.1, -0.05) is 147 Å². The van der Waals surface area contributed by atoms with E-state index in [9.17, 15) is 10.2 Å². The fourth-order valence-electron chi connectivity index (χ4n) is 5.03. The van der Waals surface area contributed by atoms with Gasteiger partial charge in [-0.25, -0.2) is 0 Å². The van der Waals surface area contributed by atoms with Gasteiger partial charge in [-0.2, -0.15) is 0 Å². The highest BCUT2D eigenvalue weighted by molar-refractivity contribution is 5.36. The zero-order chi connectivity index (χ0) is 29.8. The predicted molar refractivity (Wildman–Crippen MR) is 175 cm³/mol. The van der Waals surface area contributed by atoms with Crippen LogP contribution in [-0.4, -0.2) is 22.4 Å². The van der Waals surface area contributed by atoms with Crippen molar-refractivity contribution >= 4 is 0 Å². The van der Waals surface area contributed by atoms with Crippen molar-refractivity contribution in [3.05, 3.63) is 131 Å². The van der Waals surface area contributed by atoms with E-state index in [-0.39, 0.29) is 23.0 Å². The Labute approximate surface area is 244 Å². The lowest BCUT2D eigenvalue weighted by molar-refractivity contribution is 0.120. The van der Waals surface area contributed by atoms with Crippen LogP contribution in [0, 0.1) is 10.8 Å². The van der Waals surface area contributed by atoms with Crippen molar-refractivity contribution < 1.29 is 10.2 Å². The maximum atomic E-state index is 9.92. The Hall–Kier alpha value is -2.94. The number of rotatable bonds is 10. The molecule has 0 amide bonds. The van der Waals surface area contributed by atoms with Crippen LogP contribution in [0.15, 0.2) is 131 Å². The van der Waals surface area contributed by atoms with E-state index in [0.717, 1.165) is 25.7 Å². The topological polar surface area (TPSA) is 40.5 Å². The molecule has 0 aromatic carbocycles. The van der Waals surface area contributed by atoms with E-state index < -0.39 is 0 Å². The van der Waals surface area contributed by atoms with Gasteiger partial charge in [-0.3, -0.25) is 0 Å². The van der Waals surface area contributed by atoms with Gasteiger partial charge in [0.25, 0.3) is 0 Å². The molecule has 2 unspecified atom stereocenters. The zero-order valence-electron chi connectivity index (χ0n) is 26.1. The first-order chi connectivity index (χ1) is 18.8. The van der Waals surface area contributed by atoms with Crippen molar-refractivity contribution in [2.45, 2.75) is 93.3 Å². The van der Waals surface area contributed by atoms with E-state index >= 15 is 0 Å². The van der Waals surface area contributed by atoms with Gasteiger partial charge in [0, 0.05) is 0 Å². The van der Waals surface area contributed by atoms with Crippen LogP contribution in [0.5, 0.6) is 0 Å². The predicted octanol–water partition coefficient (Wildman–Crippen LogP) is 9.77. The minimum atomic E-state index is -0.221. The number of aliphatic hydroxyl groups is 2. The first-order valence-corrected chi connectivity index (χ1v) is 14.6. The second-order valence-corrected chi connectivity index (χ2v) is 12.7. The van der Waals surface area contributed by atoms with Gasteiger partial charge in [-0.15, -0.1) is 0 Å². The normalized spacial score (nSPS) is 25.1. The molecule has 0 heterocycles. The van der Waals surface area contributed by atoms with Crippen molar-refractivity contribution in [1.29, 1.82) is 0 Å². The Balaban J connectivity index is 1.85. The molecule has 2 nitrogen and oxygen atoms in total. The number of aliphatic hydroxyl groups excluding tert-OH is 2. The summed E-state index contributed by atoms with van der Waals surface area (Å²) in [5.41, 5.74) is 7.40. The summed E-state index contributed by atoms with van der Waals surface area (Å²) in [5.74, 6) is 0. The minimum Gasteiger partial charge on any atom is -0.393 e. The summed E-state index contributed by atoms with van der Waals surface area (Å²) in [6, 6.07) is 0. The molecule has 0 radical (unpaired) electrons. The van der Waals surface area contributed by atoms with Gasteiger partial charge in [0.05, 0.1) is 12.2 Å². The molecular weight excluding hydrogens is 488 g/mol. The molecule has 2 atom stereocenters. The molecule has 0 spiro atoms. The maximum Gasteiger partial charge on any atom is 0.0583 e. The van der Waals surface area contributed by atoms with Crippen LogP contribution in [0.2, 0.25) is 0 Å². The Bertz CT molecular complexity index is 1100. The quantitative estimate of drug-likeness (QED) is 0.271. The molecule has 0 aliphatic heterocycles. The van der Waals surface area contributed by atoms with E-state index in [1.54, 1.807) is 0 Å². The summed E-state index contributed by atoms with van der Waals surface area (Å²) in [6.07, 6.45) is 36.7. The molecule has 2 aliphatic carbocycles. The Kier molecular flexibility index (Phi) is 13.1. The smallest absolute Gasteiger partial charge is 0.0583 e. The van der Waals surface area contributed by atoms with Crippen molar-refractivity contribution in [3.8, 4) is 0 Å². The van der Waals surface area contributed by atoms with Crippen LogP contribution in [0.1, 0.15) is 81.1 Å². The van der Waals surface area contributed by atoms with Crippen LogP contribution >= 0.6 is 0 Å². The summed E-state index contributed by atoms with van der Waals surface area (Å²) >= 11 is 0. The highest BCUT2D eigenvalue weighted by Crippen LogP contribution is 2.38. The van der Waals surface area contributed by atoms with Crippen molar-refractivity contribution in [1.82, 2.24) is 0 Å². The van der Waals surface area contributed by atoms with Crippen LogP contribution in [-0.2, 0) is 0 Å². The minimum absolute atomic E-state index is 0.0160. The van der Waals surface area contributed by atoms with Crippen molar-refractivity contribution in [2.24, 2.45) is 10.8 Å². The van der Waals surface area contributed by atoms with Crippen LogP contribution in [0.4, 0.5) is 0 Å². The molecule has 216 valence electrons. The molecule has 2 aliphatic rings. The molecule has 0 fully saturated rings. The second-order valence-electron chi connectivity index (χ2n) is 12.7. The van der Waals surface area contributed by atoms with Crippen LogP contribution in [0.3, 0.4) is 0 Å². The molecule has 0 saturated carbocycles. The standard InChI is InChI=1S/C38H52O2/c1-29(15-11-17-31(3)19-21-33-23-25-35(39)27-37(33,5)6)13-9-10-14-30(2)16-12-18-32(4)20-22-34-24-26-36(40)28-38(34,7)8/h9-24,35-36,39-40H,25-28H2,1-8H3. The summed E-state index contributed by atoms with van der Waals surface area (Å²) in [6.45, 7) is 17.2. The van der Waals surface area contributed by atoms with E-state index in [1.807, 2.05) is 0 Å². The average Bonchev–Trinajstić information content (AvgIpc) is 2.84.